The second kappa shape index (κ2) is 4.49. The molecule has 0 aromatic rings. The molecule has 90 valence electrons. The topological polar surface area (TPSA) is 24.5 Å². The first kappa shape index (κ1) is 10.8. The van der Waals surface area contributed by atoms with E-state index < -0.39 is 0 Å². The lowest BCUT2D eigenvalue weighted by Gasteiger charge is -2.33. The fraction of sp³-hybridized carbons (Fsp3) is 0.917. The maximum atomic E-state index is 5.49. The lowest BCUT2D eigenvalue weighted by atomic mass is 9.95. The Morgan fingerprint density at radius 2 is 2.00 bits per heavy atom. The van der Waals surface area contributed by atoms with Crippen LogP contribution in [-0.4, -0.2) is 42.4 Å². The summed E-state index contributed by atoms with van der Waals surface area (Å²) in [5.74, 6) is 1.87. The fourth-order valence-electron chi connectivity index (χ4n) is 3.44. The second-order valence-corrected chi connectivity index (χ2v) is 5.72. The van der Waals surface area contributed by atoms with E-state index in [-0.39, 0.29) is 0 Å². The number of rotatable bonds is 1. The van der Waals surface area contributed by atoms with Crippen LogP contribution in [0.15, 0.2) is 0 Å². The van der Waals surface area contributed by atoms with E-state index in [1.165, 1.54) is 25.7 Å². The number of morpholine rings is 1. The SMILES string of the molecule is S=C(N[C@H]1C[C@@H]2CC[C@H]1C2)N1CCOCC1. The molecule has 0 aromatic carbocycles. The molecule has 3 rings (SSSR count). The van der Waals surface area contributed by atoms with Crippen molar-refractivity contribution in [1.29, 1.82) is 0 Å². The van der Waals surface area contributed by atoms with Crippen molar-refractivity contribution in [1.82, 2.24) is 10.2 Å². The molecule has 4 heteroatoms. The number of nitrogens with zero attached hydrogens (tertiary/aromatic N) is 1. The summed E-state index contributed by atoms with van der Waals surface area (Å²) >= 11 is 5.49. The Labute approximate surface area is 103 Å². The van der Waals surface area contributed by atoms with Gasteiger partial charge in [0, 0.05) is 19.1 Å². The zero-order valence-corrected chi connectivity index (χ0v) is 10.5. The Morgan fingerprint density at radius 1 is 1.19 bits per heavy atom. The van der Waals surface area contributed by atoms with Crippen LogP contribution in [0.2, 0.25) is 0 Å². The molecular weight excluding hydrogens is 220 g/mol. The van der Waals surface area contributed by atoms with Gasteiger partial charge < -0.3 is 15.0 Å². The molecule has 1 N–H and O–H groups in total. The van der Waals surface area contributed by atoms with Crippen molar-refractivity contribution in [3.8, 4) is 0 Å². The molecule has 3 aliphatic rings. The molecular formula is C12H20N2OS. The number of fused-ring (bicyclic) bond motifs is 2. The molecule has 1 aliphatic heterocycles. The lowest BCUT2D eigenvalue weighted by Crippen LogP contribution is -2.50. The lowest BCUT2D eigenvalue weighted by molar-refractivity contribution is 0.0671. The number of hydrogen-bond acceptors (Lipinski definition) is 2. The summed E-state index contributed by atoms with van der Waals surface area (Å²) < 4.78 is 5.34. The van der Waals surface area contributed by atoms with Crippen molar-refractivity contribution in [2.24, 2.45) is 11.8 Å². The van der Waals surface area contributed by atoms with E-state index in [2.05, 4.69) is 10.2 Å². The number of thiocarbonyl (C=S) groups is 1. The highest BCUT2D eigenvalue weighted by atomic mass is 32.1. The highest BCUT2D eigenvalue weighted by Crippen LogP contribution is 2.44. The van der Waals surface area contributed by atoms with Crippen molar-refractivity contribution in [2.45, 2.75) is 31.7 Å². The summed E-state index contributed by atoms with van der Waals surface area (Å²) in [5, 5.41) is 4.54. The minimum absolute atomic E-state index is 0.661. The highest BCUT2D eigenvalue weighted by Gasteiger charge is 2.40. The summed E-state index contributed by atoms with van der Waals surface area (Å²) in [7, 11) is 0. The van der Waals surface area contributed by atoms with Gasteiger partial charge in [-0.2, -0.15) is 0 Å². The van der Waals surface area contributed by atoms with Gasteiger partial charge in [0.2, 0.25) is 0 Å². The van der Waals surface area contributed by atoms with E-state index in [1.807, 2.05) is 0 Å². The van der Waals surface area contributed by atoms with Gasteiger partial charge in [-0.05, 0) is 43.3 Å². The Morgan fingerprint density at radius 3 is 2.62 bits per heavy atom. The van der Waals surface area contributed by atoms with Crippen molar-refractivity contribution in [2.75, 3.05) is 26.3 Å². The quantitative estimate of drug-likeness (QED) is 0.700. The minimum atomic E-state index is 0.661. The third kappa shape index (κ3) is 2.05. The van der Waals surface area contributed by atoms with Crippen LogP contribution in [0.1, 0.15) is 25.7 Å². The van der Waals surface area contributed by atoms with Gasteiger partial charge in [0.1, 0.15) is 0 Å². The minimum Gasteiger partial charge on any atom is -0.378 e. The van der Waals surface area contributed by atoms with Crippen LogP contribution in [0, 0.1) is 11.8 Å². The van der Waals surface area contributed by atoms with Crippen LogP contribution in [-0.2, 0) is 4.74 Å². The van der Waals surface area contributed by atoms with E-state index in [9.17, 15) is 0 Å². The molecule has 1 heterocycles. The van der Waals surface area contributed by atoms with E-state index in [4.69, 9.17) is 17.0 Å². The fourth-order valence-corrected chi connectivity index (χ4v) is 3.77. The van der Waals surface area contributed by atoms with Gasteiger partial charge in [-0.3, -0.25) is 0 Å². The van der Waals surface area contributed by atoms with Gasteiger partial charge in [0.15, 0.2) is 5.11 Å². The van der Waals surface area contributed by atoms with Gasteiger partial charge in [-0.1, -0.05) is 6.42 Å². The van der Waals surface area contributed by atoms with Gasteiger partial charge in [-0.25, -0.2) is 0 Å². The summed E-state index contributed by atoms with van der Waals surface area (Å²) in [6.45, 7) is 3.54. The Hall–Kier alpha value is -0.350. The van der Waals surface area contributed by atoms with Crippen molar-refractivity contribution in [3.63, 3.8) is 0 Å². The molecule has 3 atom stereocenters. The van der Waals surface area contributed by atoms with Gasteiger partial charge in [0.25, 0.3) is 0 Å². The van der Waals surface area contributed by atoms with Crippen LogP contribution in [0.4, 0.5) is 0 Å². The van der Waals surface area contributed by atoms with E-state index >= 15 is 0 Å². The van der Waals surface area contributed by atoms with E-state index in [0.717, 1.165) is 43.3 Å². The molecule has 2 saturated carbocycles. The molecule has 0 radical (unpaired) electrons. The monoisotopic (exact) mass is 240 g/mol. The third-order valence-corrected chi connectivity index (χ3v) is 4.72. The van der Waals surface area contributed by atoms with Crippen LogP contribution in [0.5, 0.6) is 0 Å². The first-order valence-corrected chi connectivity index (χ1v) is 6.87. The summed E-state index contributed by atoms with van der Waals surface area (Å²) in [6.07, 6.45) is 5.64. The van der Waals surface area contributed by atoms with Crippen LogP contribution in [0.3, 0.4) is 0 Å². The number of hydrogen-bond donors (Lipinski definition) is 1. The molecule has 3 fully saturated rings. The Balaban J connectivity index is 1.52. The summed E-state index contributed by atoms with van der Waals surface area (Å²) in [5.41, 5.74) is 0. The maximum absolute atomic E-state index is 5.49. The van der Waals surface area contributed by atoms with Crippen molar-refractivity contribution in [3.05, 3.63) is 0 Å². The number of ether oxygens (including phenoxy) is 1. The molecule has 0 spiro atoms. The zero-order chi connectivity index (χ0) is 11.0. The van der Waals surface area contributed by atoms with E-state index in [1.54, 1.807) is 0 Å². The van der Waals surface area contributed by atoms with Crippen LogP contribution >= 0.6 is 12.2 Å². The molecule has 16 heavy (non-hydrogen) atoms. The first-order valence-electron chi connectivity index (χ1n) is 6.46. The van der Waals surface area contributed by atoms with Crippen LogP contribution in [0.25, 0.3) is 0 Å². The second-order valence-electron chi connectivity index (χ2n) is 5.33. The molecule has 0 aromatic heterocycles. The normalized spacial score (nSPS) is 37.8. The summed E-state index contributed by atoms with van der Waals surface area (Å²) in [6, 6.07) is 0.661. The van der Waals surface area contributed by atoms with Gasteiger partial charge in [-0.15, -0.1) is 0 Å². The predicted octanol–water partition coefficient (Wildman–Crippen LogP) is 1.38. The molecule has 1 saturated heterocycles. The van der Waals surface area contributed by atoms with Gasteiger partial charge >= 0.3 is 0 Å². The molecule has 2 bridgehead atoms. The van der Waals surface area contributed by atoms with Crippen molar-refractivity contribution >= 4 is 17.3 Å². The molecule has 3 nitrogen and oxygen atoms in total. The standard InChI is InChI=1S/C12H20N2OS/c16-12(14-3-5-15-6-4-14)13-11-8-9-1-2-10(11)7-9/h9-11H,1-8H2,(H,13,16)/t9-,10+,11+/m1/s1. The average molecular weight is 240 g/mol. The number of nitrogens with one attached hydrogen (secondary N) is 1. The first-order chi connectivity index (χ1) is 7.83. The van der Waals surface area contributed by atoms with E-state index in [0.29, 0.717) is 6.04 Å². The van der Waals surface area contributed by atoms with Crippen molar-refractivity contribution < 1.29 is 4.74 Å². The van der Waals surface area contributed by atoms with Crippen LogP contribution < -0.4 is 5.32 Å². The Kier molecular flexibility index (Phi) is 3.03. The average Bonchev–Trinajstić information content (AvgIpc) is 2.92. The Bertz CT molecular complexity index is 278. The smallest absolute Gasteiger partial charge is 0.169 e. The molecule has 0 amide bonds. The predicted molar refractivity (Wildman–Crippen MR) is 67.4 cm³/mol. The summed E-state index contributed by atoms with van der Waals surface area (Å²) in [4.78, 5) is 2.25. The largest absolute Gasteiger partial charge is 0.378 e. The maximum Gasteiger partial charge on any atom is 0.169 e. The zero-order valence-electron chi connectivity index (χ0n) is 9.65. The van der Waals surface area contributed by atoms with Gasteiger partial charge in [0.05, 0.1) is 13.2 Å². The highest BCUT2D eigenvalue weighted by molar-refractivity contribution is 7.80. The molecule has 2 aliphatic carbocycles. The third-order valence-electron chi connectivity index (χ3n) is 4.35. The molecule has 0 unspecified atom stereocenters.